The standard InChI is InChI=1S/C59H83N15O14/c1-2-46(76)62-24-26-67-59(88)70-58(60)66-20-7-6-11-45(56(86)68-35-40-12-18-44(75)19-13-40)69-57(87)51(41-9-4-3-5-10-41)42-14-16-43(17-15-42)61-21-8-22-64-52-53(55(85)54(52)84)65-25-23-63-47(77)36-71-27-29-72(37-48(78)79)31-33-74(39-50(82)83)34-32-73(30-28-71)38-49(80)81/h3-5,9-10,12-19,45,51,61,64-65,75H,2,6-8,11,20-39H2,1H3,(H,62,76)(H,63,77)(H,68,86)(H,69,87)(H,78,79)(H,80,81)(H,82,83)(H4,60,66,67,70,88)/t45-,51+/m1/s1. The summed E-state index contributed by atoms with van der Waals surface area (Å²) in [6.45, 7) is 4.50. The van der Waals surface area contributed by atoms with Gasteiger partial charge < -0.3 is 68.7 Å². The predicted octanol–water partition coefficient (Wildman–Crippen LogP) is -0.851. The average Bonchev–Trinajstić information content (AvgIpc) is 2.11. The van der Waals surface area contributed by atoms with Crippen molar-refractivity contribution in [3.8, 4) is 5.75 Å². The Morgan fingerprint density at radius 3 is 1.60 bits per heavy atom. The van der Waals surface area contributed by atoms with Crippen LogP contribution in [0.25, 0.3) is 0 Å². The quantitative estimate of drug-likeness (QED) is 0.0117. The summed E-state index contributed by atoms with van der Waals surface area (Å²) in [5, 5.41) is 63.8. The molecule has 0 bridgehead atoms. The topological polar surface area (TPSA) is 411 Å². The Morgan fingerprint density at radius 2 is 1.05 bits per heavy atom. The second kappa shape index (κ2) is 37.4. The normalized spacial score (nSPS) is 14.6. The van der Waals surface area contributed by atoms with Crippen LogP contribution in [-0.2, 0) is 40.1 Å². The molecule has 0 spiro atoms. The van der Waals surface area contributed by atoms with E-state index in [1.165, 1.54) is 12.1 Å². The van der Waals surface area contributed by atoms with E-state index in [4.69, 9.17) is 5.73 Å². The average molecular weight is 1230 g/mol. The number of urea groups is 1. The Kier molecular flexibility index (Phi) is 29.6. The Morgan fingerprint density at radius 1 is 0.545 bits per heavy atom. The number of hydrogen-bond acceptors (Lipinski definition) is 19. The molecule has 15 N–H and O–H groups in total. The molecule has 6 amide bonds. The maximum atomic E-state index is 14.4. The summed E-state index contributed by atoms with van der Waals surface area (Å²) in [5.74, 6) is -5.39. The van der Waals surface area contributed by atoms with Gasteiger partial charge in [0.15, 0.2) is 5.96 Å². The second-order valence-corrected chi connectivity index (χ2v) is 20.9. The van der Waals surface area contributed by atoms with Crippen LogP contribution in [0.5, 0.6) is 5.75 Å². The smallest absolute Gasteiger partial charge is 0.321 e. The number of aromatic hydroxyl groups is 1. The lowest BCUT2D eigenvalue weighted by atomic mass is 9.90. The number of anilines is 3. The molecule has 0 aromatic heterocycles. The van der Waals surface area contributed by atoms with E-state index in [1.54, 1.807) is 38.7 Å². The van der Waals surface area contributed by atoms with Crippen LogP contribution >= 0.6 is 0 Å². The van der Waals surface area contributed by atoms with Crippen molar-refractivity contribution in [2.45, 2.75) is 57.5 Å². The third-order valence-electron chi connectivity index (χ3n) is 14.2. The summed E-state index contributed by atoms with van der Waals surface area (Å²) in [6.07, 6.45) is 2.00. The van der Waals surface area contributed by atoms with Gasteiger partial charge >= 0.3 is 23.9 Å². The fourth-order valence-electron chi connectivity index (χ4n) is 9.44. The van der Waals surface area contributed by atoms with Crippen molar-refractivity contribution in [2.24, 2.45) is 10.7 Å². The number of carbonyl (C=O) groups is 8. The number of nitrogens with one attached hydrogen (secondary N) is 9. The van der Waals surface area contributed by atoms with Crippen molar-refractivity contribution in [2.75, 3.05) is 140 Å². The number of phenols is 1. The number of aliphatic carboxylic acids is 3. The highest BCUT2D eigenvalue weighted by Gasteiger charge is 2.29. The summed E-state index contributed by atoms with van der Waals surface area (Å²) in [5.41, 5.74) is 7.58. The first-order valence-corrected chi connectivity index (χ1v) is 29.3. The third-order valence-corrected chi connectivity index (χ3v) is 14.2. The van der Waals surface area contributed by atoms with Gasteiger partial charge in [-0.25, -0.2) is 4.79 Å². The van der Waals surface area contributed by atoms with Gasteiger partial charge in [-0.1, -0.05) is 61.5 Å². The number of phenolic OH excluding ortho intramolecular Hbond substituents is 1. The predicted molar refractivity (Wildman–Crippen MR) is 330 cm³/mol. The first-order valence-electron chi connectivity index (χ1n) is 29.3. The molecule has 1 heterocycles. The zero-order valence-electron chi connectivity index (χ0n) is 49.5. The molecule has 1 aliphatic rings. The molecular formula is C59H83N15O14. The Labute approximate surface area is 509 Å². The molecule has 4 aromatic carbocycles. The van der Waals surface area contributed by atoms with Crippen molar-refractivity contribution in [3.05, 3.63) is 116 Å². The minimum atomic E-state index is -1.06. The molecule has 2 atom stereocenters. The van der Waals surface area contributed by atoms with E-state index in [1.807, 2.05) is 54.6 Å². The number of hydrogen-bond donors (Lipinski definition) is 14. The van der Waals surface area contributed by atoms with Crippen molar-refractivity contribution in [1.29, 1.82) is 0 Å². The van der Waals surface area contributed by atoms with Crippen LogP contribution in [0.15, 0.2) is 93.4 Å². The largest absolute Gasteiger partial charge is 0.508 e. The second-order valence-electron chi connectivity index (χ2n) is 20.9. The van der Waals surface area contributed by atoms with Crippen molar-refractivity contribution in [1.82, 2.24) is 51.5 Å². The lowest BCUT2D eigenvalue weighted by Gasteiger charge is -2.32. The molecule has 0 unspecified atom stereocenters. The van der Waals surface area contributed by atoms with Crippen molar-refractivity contribution >= 4 is 70.6 Å². The Bertz CT molecular complexity index is 2980. The first-order chi connectivity index (χ1) is 42.3. The van der Waals surface area contributed by atoms with Crippen LogP contribution in [0.1, 0.15) is 61.6 Å². The molecule has 29 heteroatoms. The lowest BCUT2D eigenvalue weighted by molar-refractivity contribution is -0.140. The highest BCUT2D eigenvalue weighted by molar-refractivity contribution is 5.95. The van der Waals surface area contributed by atoms with Crippen LogP contribution in [0.4, 0.5) is 21.9 Å². The van der Waals surface area contributed by atoms with Crippen LogP contribution in [0.2, 0.25) is 0 Å². The van der Waals surface area contributed by atoms with Crippen molar-refractivity contribution in [3.63, 3.8) is 0 Å². The van der Waals surface area contributed by atoms with Crippen LogP contribution < -0.4 is 64.4 Å². The Balaban J connectivity index is 1.10. The van der Waals surface area contributed by atoms with E-state index in [9.17, 15) is 68.4 Å². The first kappa shape index (κ1) is 69.6. The SMILES string of the molecule is CCC(=O)NCCNC(=O)NC(N)=NCCCC[C@@H](NC(=O)[C@@H](c1ccccc1)c1ccc(NCCCNc2c(NCCNC(=O)CN3CCN(CC(=O)O)CCN(CC(=O)O)CCN(CC(=O)O)CC3)c(=O)c2=O)cc1)C(=O)NCc1ccc(O)cc1. The van der Waals surface area contributed by atoms with Gasteiger partial charge in [0, 0.05) is 117 Å². The molecule has 0 saturated carbocycles. The molecule has 5 rings (SSSR count). The summed E-state index contributed by atoms with van der Waals surface area (Å²) >= 11 is 0. The molecule has 1 saturated heterocycles. The van der Waals surface area contributed by atoms with E-state index in [2.05, 4.69) is 52.8 Å². The minimum Gasteiger partial charge on any atom is -0.508 e. The number of amides is 6. The number of carbonyl (C=O) groups excluding carboxylic acids is 5. The highest BCUT2D eigenvalue weighted by Crippen LogP contribution is 2.27. The minimum absolute atomic E-state index is 0.0767. The molecule has 1 aliphatic heterocycles. The van der Waals surface area contributed by atoms with Crippen molar-refractivity contribution < 1.29 is 58.8 Å². The van der Waals surface area contributed by atoms with Gasteiger partial charge in [-0.2, -0.15) is 0 Å². The monoisotopic (exact) mass is 1230 g/mol. The molecular weight excluding hydrogens is 1140 g/mol. The number of aliphatic imine (C=N–C) groups is 1. The van der Waals surface area contributed by atoms with Gasteiger partial charge in [-0.3, -0.25) is 73.1 Å². The number of unbranched alkanes of at least 4 members (excludes halogenated alkanes) is 1. The zero-order valence-corrected chi connectivity index (χ0v) is 49.5. The zero-order chi connectivity index (χ0) is 63.8. The number of carboxylic acid groups (broad SMARTS) is 3. The number of benzene rings is 3. The van der Waals surface area contributed by atoms with E-state index in [0.717, 1.165) is 11.3 Å². The van der Waals surface area contributed by atoms with Crippen LogP contribution in [0, 0.1) is 0 Å². The highest BCUT2D eigenvalue weighted by atomic mass is 16.4. The van der Waals surface area contributed by atoms with Gasteiger partial charge in [0.1, 0.15) is 23.2 Å². The summed E-state index contributed by atoms with van der Waals surface area (Å²) in [7, 11) is 0. The lowest BCUT2D eigenvalue weighted by Crippen LogP contribution is -2.50. The molecule has 478 valence electrons. The molecule has 1 fully saturated rings. The molecule has 4 aromatic rings. The van der Waals surface area contributed by atoms with Gasteiger partial charge in [0.05, 0.1) is 32.1 Å². The number of nitrogens with zero attached hydrogens (tertiary/aromatic N) is 5. The molecule has 88 heavy (non-hydrogen) atoms. The molecule has 29 nitrogen and oxygen atoms in total. The molecule has 0 aliphatic carbocycles. The van der Waals surface area contributed by atoms with Crippen LogP contribution in [0.3, 0.4) is 0 Å². The van der Waals surface area contributed by atoms with E-state index >= 15 is 0 Å². The van der Waals surface area contributed by atoms with Gasteiger partial charge in [0.2, 0.25) is 23.6 Å². The van der Waals surface area contributed by atoms with Gasteiger partial charge in [-0.15, -0.1) is 0 Å². The van der Waals surface area contributed by atoms with Gasteiger partial charge in [0.25, 0.3) is 10.9 Å². The number of guanidine groups is 1. The third kappa shape index (κ3) is 25.4. The number of rotatable bonds is 34. The van der Waals surface area contributed by atoms with Gasteiger partial charge in [-0.05, 0) is 66.6 Å². The van der Waals surface area contributed by atoms with E-state index in [0.29, 0.717) is 49.9 Å². The fraction of sp³-hybridized carbons (Fsp3) is 0.475. The fourth-order valence-corrected chi connectivity index (χ4v) is 9.44. The molecule has 0 radical (unpaired) electrons. The Hall–Kier alpha value is -9.19. The maximum Gasteiger partial charge on any atom is 0.321 e. The summed E-state index contributed by atoms with van der Waals surface area (Å²) in [4.78, 5) is 136. The van der Waals surface area contributed by atoms with E-state index in [-0.39, 0.29) is 159 Å². The number of carboxylic acids is 3. The maximum absolute atomic E-state index is 14.4. The number of nitrogens with two attached hydrogens (primary N) is 1. The van der Waals surface area contributed by atoms with E-state index < -0.39 is 58.6 Å². The van der Waals surface area contributed by atoms with Crippen LogP contribution in [-0.4, -0.2) is 224 Å². The summed E-state index contributed by atoms with van der Waals surface area (Å²) < 4.78 is 0. The summed E-state index contributed by atoms with van der Waals surface area (Å²) in [6, 6.07) is 21.3.